The first-order chi connectivity index (χ1) is 8.91. The van der Waals surface area contributed by atoms with Crippen molar-refractivity contribution in [2.45, 2.75) is 13.0 Å². The number of H-pyrrole nitrogens is 1. The van der Waals surface area contributed by atoms with Crippen molar-refractivity contribution in [2.24, 2.45) is 0 Å². The Balaban J connectivity index is 2.37. The Morgan fingerprint density at radius 1 is 1.37 bits per heavy atom. The van der Waals surface area contributed by atoms with E-state index in [1.807, 2.05) is 0 Å². The number of amides is 1. The zero-order valence-corrected chi connectivity index (χ0v) is 10.5. The fourth-order valence-corrected chi connectivity index (χ4v) is 1.79. The Kier molecular flexibility index (Phi) is 3.16. The van der Waals surface area contributed by atoms with Crippen LogP contribution in [0.4, 0.5) is 0 Å². The quantitative estimate of drug-likeness (QED) is 0.779. The van der Waals surface area contributed by atoms with Crippen LogP contribution in [0.2, 0.25) is 0 Å². The first kappa shape index (κ1) is 12.9. The van der Waals surface area contributed by atoms with Crippen LogP contribution in [0.5, 0.6) is 5.75 Å². The van der Waals surface area contributed by atoms with Gasteiger partial charge in [-0.1, -0.05) is 12.1 Å². The maximum Gasteiger partial charge on any atom is 0.326 e. The van der Waals surface area contributed by atoms with E-state index in [9.17, 15) is 14.7 Å². The third-order valence-electron chi connectivity index (χ3n) is 3.12. The molecular formula is C13H14N2O4. The number of aliphatic carboxylic acids is 1. The average Bonchev–Trinajstić information content (AvgIpc) is 2.81. The van der Waals surface area contributed by atoms with Gasteiger partial charge in [0.2, 0.25) is 0 Å². The van der Waals surface area contributed by atoms with Gasteiger partial charge in [0, 0.05) is 12.4 Å². The third kappa shape index (κ3) is 2.24. The number of carbonyl (C=O) groups excluding carboxylic acids is 1. The molecule has 0 aliphatic carbocycles. The molecule has 1 heterocycles. The minimum Gasteiger partial charge on any atom is -0.506 e. The normalized spacial score (nSPS) is 12.3. The van der Waals surface area contributed by atoms with Crippen molar-refractivity contribution in [2.75, 3.05) is 7.05 Å². The van der Waals surface area contributed by atoms with Crippen molar-refractivity contribution >= 4 is 22.8 Å². The van der Waals surface area contributed by atoms with E-state index in [-0.39, 0.29) is 11.4 Å². The molecule has 3 N–H and O–H groups in total. The largest absolute Gasteiger partial charge is 0.506 e. The van der Waals surface area contributed by atoms with Gasteiger partial charge in [0.15, 0.2) is 0 Å². The van der Waals surface area contributed by atoms with E-state index in [0.717, 1.165) is 4.90 Å². The molecule has 0 spiro atoms. The molecule has 1 aromatic heterocycles. The maximum atomic E-state index is 12.1. The van der Waals surface area contributed by atoms with Crippen LogP contribution >= 0.6 is 0 Å². The molecule has 0 saturated carbocycles. The van der Waals surface area contributed by atoms with Crippen LogP contribution in [0.25, 0.3) is 10.9 Å². The van der Waals surface area contributed by atoms with Gasteiger partial charge < -0.3 is 20.1 Å². The van der Waals surface area contributed by atoms with E-state index in [2.05, 4.69) is 4.98 Å². The van der Waals surface area contributed by atoms with E-state index in [1.165, 1.54) is 20.0 Å². The maximum absolute atomic E-state index is 12.1. The number of benzene rings is 1. The highest BCUT2D eigenvalue weighted by Gasteiger charge is 2.24. The highest BCUT2D eigenvalue weighted by Crippen LogP contribution is 2.24. The monoisotopic (exact) mass is 262 g/mol. The number of phenolic OH excluding ortho intramolecular Hbond substituents is 1. The number of phenols is 1. The lowest BCUT2D eigenvalue weighted by molar-refractivity contribution is -0.141. The summed E-state index contributed by atoms with van der Waals surface area (Å²) in [6.45, 7) is 1.43. The molecule has 1 unspecified atom stereocenters. The number of nitrogens with one attached hydrogen (secondary N) is 1. The van der Waals surface area contributed by atoms with Gasteiger partial charge in [0.1, 0.15) is 17.5 Å². The van der Waals surface area contributed by atoms with Crippen LogP contribution in [0, 0.1) is 0 Å². The number of hydrogen-bond donors (Lipinski definition) is 3. The van der Waals surface area contributed by atoms with Gasteiger partial charge in [-0.05, 0) is 19.1 Å². The van der Waals surface area contributed by atoms with E-state index < -0.39 is 17.9 Å². The smallest absolute Gasteiger partial charge is 0.326 e. The number of aromatic amines is 1. The van der Waals surface area contributed by atoms with Gasteiger partial charge in [0.05, 0.1) is 5.52 Å². The van der Waals surface area contributed by atoms with Crippen molar-refractivity contribution < 1.29 is 19.8 Å². The second-order valence-electron chi connectivity index (χ2n) is 4.35. The van der Waals surface area contributed by atoms with E-state index in [0.29, 0.717) is 10.9 Å². The van der Waals surface area contributed by atoms with Crippen LogP contribution < -0.4 is 0 Å². The summed E-state index contributed by atoms with van der Waals surface area (Å²) in [5.41, 5.74) is 0.703. The van der Waals surface area contributed by atoms with Gasteiger partial charge in [-0.25, -0.2) is 4.79 Å². The van der Waals surface area contributed by atoms with Crippen molar-refractivity contribution in [3.63, 3.8) is 0 Å². The zero-order valence-electron chi connectivity index (χ0n) is 10.5. The number of carbonyl (C=O) groups is 2. The number of carboxylic acid groups (broad SMARTS) is 1. The van der Waals surface area contributed by atoms with Crippen LogP contribution in [-0.2, 0) is 4.79 Å². The molecule has 0 fully saturated rings. The fraction of sp³-hybridized carbons (Fsp3) is 0.231. The molecule has 0 bridgehead atoms. The minimum atomic E-state index is -1.07. The van der Waals surface area contributed by atoms with Crippen molar-refractivity contribution in [1.82, 2.24) is 9.88 Å². The van der Waals surface area contributed by atoms with E-state index >= 15 is 0 Å². The number of carboxylic acids is 1. The molecule has 19 heavy (non-hydrogen) atoms. The topological polar surface area (TPSA) is 93.6 Å². The average molecular weight is 262 g/mol. The summed E-state index contributed by atoms with van der Waals surface area (Å²) in [7, 11) is 1.42. The number of para-hydroxylation sites is 1. The summed E-state index contributed by atoms with van der Waals surface area (Å²) in [6, 6.07) is 5.60. The fourth-order valence-electron chi connectivity index (χ4n) is 1.79. The lowest BCUT2D eigenvalue weighted by Crippen LogP contribution is -2.40. The predicted octanol–water partition coefficient (Wildman–Crippen LogP) is 1.42. The number of nitrogens with zero attached hydrogens (tertiary/aromatic N) is 1. The van der Waals surface area contributed by atoms with Gasteiger partial charge >= 0.3 is 5.97 Å². The lowest BCUT2D eigenvalue weighted by Gasteiger charge is -2.20. The first-order valence-corrected chi connectivity index (χ1v) is 5.72. The molecule has 6 nitrogen and oxygen atoms in total. The molecular weight excluding hydrogens is 248 g/mol. The SMILES string of the molecule is CC(C(=O)O)N(C)C(=O)c1cc2cccc(O)c2[nH]1. The van der Waals surface area contributed by atoms with Crippen LogP contribution in [0.15, 0.2) is 24.3 Å². The van der Waals surface area contributed by atoms with Gasteiger partial charge in [0.25, 0.3) is 5.91 Å². The van der Waals surface area contributed by atoms with Crippen LogP contribution in [0.1, 0.15) is 17.4 Å². The summed E-state index contributed by atoms with van der Waals surface area (Å²) in [6.07, 6.45) is 0. The molecule has 1 atom stereocenters. The number of fused-ring (bicyclic) bond motifs is 1. The summed E-state index contributed by atoms with van der Waals surface area (Å²) in [5, 5.41) is 19.2. The van der Waals surface area contributed by atoms with E-state index in [4.69, 9.17) is 5.11 Å². The Hall–Kier alpha value is -2.50. The Bertz CT molecular complexity index is 647. The Morgan fingerprint density at radius 3 is 2.63 bits per heavy atom. The molecule has 2 rings (SSSR count). The highest BCUT2D eigenvalue weighted by atomic mass is 16.4. The summed E-state index contributed by atoms with van der Waals surface area (Å²) in [5.74, 6) is -1.47. The molecule has 6 heteroatoms. The van der Waals surface area contributed by atoms with Gasteiger partial charge in [-0.2, -0.15) is 0 Å². The summed E-state index contributed by atoms with van der Waals surface area (Å²) >= 11 is 0. The second-order valence-corrected chi connectivity index (χ2v) is 4.35. The molecule has 2 aromatic rings. The molecule has 1 amide bonds. The molecule has 0 aliphatic rings. The van der Waals surface area contributed by atoms with Crippen LogP contribution in [0.3, 0.4) is 0 Å². The number of likely N-dealkylation sites (N-methyl/N-ethyl adjacent to an activating group) is 1. The van der Waals surface area contributed by atoms with Gasteiger partial charge in [-0.15, -0.1) is 0 Å². The number of aromatic hydroxyl groups is 1. The van der Waals surface area contributed by atoms with E-state index in [1.54, 1.807) is 18.2 Å². The number of rotatable bonds is 3. The van der Waals surface area contributed by atoms with Crippen molar-refractivity contribution in [3.05, 3.63) is 30.0 Å². The van der Waals surface area contributed by atoms with Crippen molar-refractivity contribution in [3.8, 4) is 5.75 Å². The molecule has 0 radical (unpaired) electrons. The van der Waals surface area contributed by atoms with Gasteiger partial charge in [-0.3, -0.25) is 4.79 Å². The molecule has 0 saturated heterocycles. The molecule has 0 aliphatic heterocycles. The summed E-state index contributed by atoms with van der Waals surface area (Å²) in [4.78, 5) is 26.9. The lowest BCUT2D eigenvalue weighted by atomic mass is 10.2. The van der Waals surface area contributed by atoms with Crippen LogP contribution in [-0.4, -0.2) is 45.1 Å². The van der Waals surface area contributed by atoms with Crippen molar-refractivity contribution in [1.29, 1.82) is 0 Å². The second kappa shape index (κ2) is 4.64. The molecule has 100 valence electrons. The molecule has 1 aromatic carbocycles. The highest BCUT2D eigenvalue weighted by molar-refractivity contribution is 6.00. The predicted molar refractivity (Wildman–Crippen MR) is 69.2 cm³/mol. The summed E-state index contributed by atoms with van der Waals surface area (Å²) < 4.78 is 0. The number of hydrogen-bond acceptors (Lipinski definition) is 3. The zero-order chi connectivity index (χ0) is 14.2. The number of aromatic nitrogens is 1. The Morgan fingerprint density at radius 2 is 2.05 bits per heavy atom. The minimum absolute atomic E-state index is 0.0467. The standard InChI is InChI=1S/C13H14N2O4/c1-7(13(18)19)15(2)12(17)9-6-8-4-3-5-10(16)11(8)14-9/h3-7,14,16H,1-2H3,(H,18,19). The third-order valence-corrected chi connectivity index (χ3v) is 3.12. The first-order valence-electron chi connectivity index (χ1n) is 5.72. The Labute approximate surface area is 109 Å².